The van der Waals surface area contributed by atoms with Crippen LogP contribution in [0.25, 0.3) is 10.1 Å². The Morgan fingerprint density at radius 1 is 1.12 bits per heavy atom. The summed E-state index contributed by atoms with van der Waals surface area (Å²) in [6.07, 6.45) is 0. The number of carbonyl (C=O) groups is 1. The molecule has 0 aliphatic carbocycles. The van der Waals surface area contributed by atoms with Gasteiger partial charge in [-0.2, -0.15) is 4.72 Å². The molecule has 0 aliphatic heterocycles. The molecule has 1 atom stereocenters. The summed E-state index contributed by atoms with van der Waals surface area (Å²) in [5, 5.41) is 21.5. The molecule has 0 saturated carbocycles. The summed E-state index contributed by atoms with van der Waals surface area (Å²) < 4.78 is 28.1. The Balaban J connectivity index is 1.82. The maximum absolute atomic E-state index is 12.4. The van der Waals surface area contributed by atoms with Gasteiger partial charge < -0.3 is 10.2 Å². The molecule has 0 aliphatic rings. The van der Waals surface area contributed by atoms with E-state index < -0.39 is 22.0 Å². The topological polar surface area (TPSA) is 104 Å². The Bertz CT molecular complexity index is 1010. The Morgan fingerprint density at radius 2 is 1.84 bits per heavy atom. The van der Waals surface area contributed by atoms with Crippen molar-refractivity contribution in [2.45, 2.75) is 11.8 Å². The summed E-state index contributed by atoms with van der Waals surface area (Å²) >= 11 is 1.56. The highest BCUT2D eigenvalue weighted by Crippen LogP contribution is 2.23. The first-order valence-electron chi connectivity index (χ1n) is 7.32. The summed E-state index contributed by atoms with van der Waals surface area (Å²) in [6, 6.07) is 11.2. The van der Waals surface area contributed by atoms with E-state index in [1.807, 2.05) is 17.5 Å². The van der Waals surface area contributed by atoms with E-state index in [4.69, 9.17) is 0 Å². The number of sulfonamides is 1. The number of aliphatic carboxylic acids is 1. The molecule has 3 aromatic rings. The number of nitrogens with one attached hydrogen (secondary N) is 1. The summed E-state index contributed by atoms with van der Waals surface area (Å²) in [4.78, 5) is 11.5. The second kappa shape index (κ2) is 6.83. The van der Waals surface area contributed by atoms with Gasteiger partial charge in [0.1, 0.15) is 11.8 Å². The Morgan fingerprint density at radius 3 is 2.52 bits per heavy atom. The molecule has 1 aromatic heterocycles. The van der Waals surface area contributed by atoms with Gasteiger partial charge in [0, 0.05) is 4.70 Å². The van der Waals surface area contributed by atoms with Gasteiger partial charge in [-0.25, -0.2) is 8.42 Å². The van der Waals surface area contributed by atoms with Crippen LogP contribution in [0.3, 0.4) is 0 Å². The number of thiophene rings is 1. The zero-order valence-corrected chi connectivity index (χ0v) is 14.5. The third-order valence-corrected chi connectivity index (χ3v) is 5.85. The van der Waals surface area contributed by atoms with Crippen molar-refractivity contribution in [1.29, 1.82) is 0 Å². The van der Waals surface area contributed by atoms with Crippen molar-refractivity contribution >= 4 is 37.4 Å². The lowest BCUT2D eigenvalue weighted by atomic mass is 10.1. The van der Waals surface area contributed by atoms with Crippen LogP contribution >= 0.6 is 11.3 Å². The van der Waals surface area contributed by atoms with Crippen molar-refractivity contribution in [1.82, 2.24) is 4.72 Å². The van der Waals surface area contributed by atoms with E-state index in [9.17, 15) is 23.4 Å². The van der Waals surface area contributed by atoms with Gasteiger partial charge in [-0.1, -0.05) is 18.2 Å². The number of benzene rings is 2. The molecule has 0 amide bonds. The Hall–Kier alpha value is -2.42. The van der Waals surface area contributed by atoms with E-state index in [1.54, 1.807) is 23.5 Å². The molecule has 3 N–H and O–H groups in total. The highest BCUT2D eigenvalue weighted by molar-refractivity contribution is 7.88. The minimum atomic E-state index is -3.88. The SMILES string of the molecule is O=C(O)[C@H](NS(=O)(=O)Cc1ccc2sccc2c1)c1ccc(O)cc1. The van der Waals surface area contributed by atoms with Crippen molar-refractivity contribution in [3.05, 3.63) is 65.0 Å². The number of carboxylic acids is 1. The molecule has 0 unspecified atom stereocenters. The zero-order chi connectivity index (χ0) is 18.0. The number of carboxylic acid groups (broad SMARTS) is 1. The highest BCUT2D eigenvalue weighted by atomic mass is 32.2. The fraction of sp³-hybridized carbons (Fsp3) is 0.118. The molecule has 1 heterocycles. The second-order valence-corrected chi connectivity index (χ2v) is 8.23. The maximum Gasteiger partial charge on any atom is 0.326 e. The Labute approximate surface area is 148 Å². The molecule has 0 fully saturated rings. The van der Waals surface area contributed by atoms with Crippen LogP contribution in [0.4, 0.5) is 0 Å². The molecular formula is C17H15NO5S2. The summed E-state index contributed by atoms with van der Waals surface area (Å²) in [5.74, 6) is -1.66. The third-order valence-electron chi connectivity index (χ3n) is 3.64. The second-order valence-electron chi connectivity index (χ2n) is 5.53. The molecule has 3 rings (SSSR count). The number of rotatable bonds is 6. The van der Waals surface area contributed by atoms with Crippen LogP contribution in [0.15, 0.2) is 53.9 Å². The normalized spacial score (nSPS) is 13.0. The molecule has 0 saturated heterocycles. The van der Waals surface area contributed by atoms with Crippen molar-refractivity contribution in [3.8, 4) is 5.75 Å². The largest absolute Gasteiger partial charge is 0.508 e. The van der Waals surface area contributed by atoms with Crippen LogP contribution in [0.1, 0.15) is 17.2 Å². The van der Waals surface area contributed by atoms with Gasteiger partial charge in [-0.15, -0.1) is 11.3 Å². The van der Waals surface area contributed by atoms with E-state index >= 15 is 0 Å². The first-order chi connectivity index (χ1) is 11.8. The van der Waals surface area contributed by atoms with Crippen LogP contribution in [0.2, 0.25) is 0 Å². The lowest BCUT2D eigenvalue weighted by Gasteiger charge is -2.15. The van der Waals surface area contributed by atoms with Gasteiger partial charge >= 0.3 is 5.97 Å². The first kappa shape index (κ1) is 17.4. The van der Waals surface area contributed by atoms with Gasteiger partial charge in [0.25, 0.3) is 0 Å². The number of aromatic hydroxyl groups is 1. The van der Waals surface area contributed by atoms with Crippen LogP contribution < -0.4 is 4.72 Å². The quantitative estimate of drug-likeness (QED) is 0.613. The van der Waals surface area contributed by atoms with Crippen LogP contribution in [0, 0.1) is 0 Å². The van der Waals surface area contributed by atoms with E-state index in [2.05, 4.69) is 4.72 Å². The fourth-order valence-corrected chi connectivity index (χ4v) is 4.54. The number of hydrogen-bond donors (Lipinski definition) is 3. The predicted molar refractivity (Wildman–Crippen MR) is 96.1 cm³/mol. The van der Waals surface area contributed by atoms with Gasteiger partial charge in [-0.3, -0.25) is 4.79 Å². The number of fused-ring (bicyclic) bond motifs is 1. The van der Waals surface area contributed by atoms with Gasteiger partial charge in [0.05, 0.1) is 5.75 Å². The minimum Gasteiger partial charge on any atom is -0.508 e. The van der Waals surface area contributed by atoms with Crippen molar-refractivity contribution < 1.29 is 23.4 Å². The summed E-state index contributed by atoms with van der Waals surface area (Å²) in [6.45, 7) is 0. The number of hydrogen-bond acceptors (Lipinski definition) is 5. The molecule has 130 valence electrons. The molecular weight excluding hydrogens is 362 g/mol. The maximum atomic E-state index is 12.4. The monoisotopic (exact) mass is 377 g/mol. The minimum absolute atomic E-state index is 0.0280. The standard InChI is InChI=1S/C17H15NO5S2/c19-14-4-2-12(3-5-14)16(17(20)21)18-25(22,23)10-11-1-6-15-13(9-11)7-8-24-15/h1-9,16,18-19H,10H2,(H,20,21)/t16-/m1/s1. The van der Waals surface area contributed by atoms with E-state index in [1.165, 1.54) is 24.3 Å². The summed E-state index contributed by atoms with van der Waals surface area (Å²) in [7, 11) is -3.88. The molecule has 0 radical (unpaired) electrons. The van der Waals surface area contributed by atoms with E-state index in [0.29, 0.717) is 5.56 Å². The molecule has 25 heavy (non-hydrogen) atoms. The third kappa shape index (κ3) is 4.16. The van der Waals surface area contributed by atoms with Crippen molar-refractivity contribution in [3.63, 3.8) is 0 Å². The molecule has 0 bridgehead atoms. The van der Waals surface area contributed by atoms with Gasteiger partial charge in [0.15, 0.2) is 0 Å². The summed E-state index contributed by atoms with van der Waals surface area (Å²) in [5.41, 5.74) is 0.815. The number of phenolic OH excluding ortho intramolecular Hbond substituents is 1. The highest BCUT2D eigenvalue weighted by Gasteiger charge is 2.26. The average Bonchev–Trinajstić information content (AvgIpc) is 3.00. The van der Waals surface area contributed by atoms with Gasteiger partial charge in [-0.05, 0) is 52.2 Å². The first-order valence-corrected chi connectivity index (χ1v) is 9.85. The number of phenols is 1. The van der Waals surface area contributed by atoms with Crippen molar-refractivity contribution in [2.24, 2.45) is 0 Å². The zero-order valence-electron chi connectivity index (χ0n) is 12.9. The van der Waals surface area contributed by atoms with Gasteiger partial charge in [0.2, 0.25) is 10.0 Å². The fourth-order valence-electron chi connectivity index (χ4n) is 2.47. The van der Waals surface area contributed by atoms with E-state index in [0.717, 1.165) is 10.1 Å². The lowest BCUT2D eigenvalue weighted by molar-refractivity contribution is -0.139. The molecule has 6 nitrogen and oxygen atoms in total. The van der Waals surface area contributed by atoms with Crippen LogP contribution in [-0.4, -0.2) is 24.6 Å². The molecule has 2 aromatic carbocycles. The van der Waals surface area contributed by atoms with Crippen LogP contribution in [-0.2, 0) is 20.6 Å². The predicted octanol–water partition coefficient (Wildman–Crippen LogP) is 2.85. The molecule has 8 heteroatoms. The van der Waals surface area contributed by atoms with Crippen molar-refractivity contribution in [2.75, 3.05) is 0 Å². The smallest absolute Gasteiger partial charge is 0.326 e. The van der Waals surface area contributed by atoms with Crippen LogP contribution in [0.5, 0.6) is 5.75 Å². The Kier molecular flexibility index (Phi) is 4.76. The molecule has 0 spiro atoms. The van der Waals surface area contributed by atoms with E-state index in [-0.39, 0.29) is 17.1 Å². The lowest BCUT2D eigenvalue weighted by Crippen LogP contribution is -2.34. The average molecular weight is 377 g/mol.